The number of esters is 2. The average molecular weight is 500 g/mol. The first-order valence-electron chi connectivity index (χ1n) is 12.4. The Morgan fingerprint density at radius 1 is 0.917 bits per heavy atom. The van der Waals surface area contributed by atoms with Crippen LogP contribution in [0.15, 0.2) is 60.7 Å². The van der Waals surface area contributed by atoms with Gasteiger partial charge in [0.05, 0.1) is 52.2 Å². The Balaban J connectivity index is 1.64. The van der Waals surface area contributed by atoms with Crippen molar-refractivity contribution in [2.45, 2.75) is 63.2 Å². The second-order valence-corrected chi connectivity index (χ2v) is 9.02. The molecule has 2 aromatic carbocycles. The molecule has 1 saturated heterocycles. The first kappa shape index (κ1) is 27.8. The van der Waals surface area contributed by atoms with E-state index in [1.807, 2.05) is 60.7 Å². The largest absolute Gasteiger partial charge is 0.469 e. The van der Waals surface area contributed by atoms with Crippen LogP contribution < -0.4 is 5.32 Å². The van der Waals surface area contributed by atoms with Gasteiger partial charge in [-0.2, -0.15) is 0 Å². The van der Waals surface area contributed by atoms with Gasteiger partial charge in [-0.3, -0.25) is 9.59 Å². The lowest BCUT2D eigenvalue weighted by Gasteiger charge is -2.29. The van der Waals surface area contributed by atoms with E-state index in [1.54, 1.807) is 0 Å². The summed E-state index contributed by atoms with van der Waals surface area (Å²) in [4.78, 5) is 24.1. The number of hydrogen-bond acceptors (Lipinski definition) is 8. The van der Waals surface area contributed by atoms with E-state index in [2.05, 4.69) is 10.1 Å². The van der Waals surface area contributed by atoms with E-state index >= 15 is 0 Å². The topological polar surface area (TPSA) is 103 Å². The molecule has 1 aliphatic rings. The number of rotatable bonds is 14. The van der Waals surface area contributed by atoms with Crippen molar-refractivity contribution in [3.05, 3.63) is 71.8 Å². The van der Waals surface area contributed by atoms with E-state index in [0.29, 0.717) is 26.2 Å². The van der Waals surface area contributed by atoms with Crippen LogP contribution in [0.25, 0.3) is 0 Å². The van der Waals surface area contributed by atoms with Crippen LogP contribution in [0.2, 0.25) is 0 Å². The highest BCUT2D eigenvalue weighted by molar-refractivity contribution is 5.74. The minimum atomic E-state index is -1.04. The lowest BCUT2D eigenvalue weighted by atomic mass is 9.90. The van der Waals surface area contributed by atoms with E-state index in [0.717, 1.165) is 17.5 Å². The number of nitrogens with one attached hydrogen (secondary N) is 1. The van der Waals surface area contributed by atoms with Gasteiger partial charge in [-0.1, -0.05) is 60.7 Å². The number of methoxy groups -OCH3 is 2. The van der Waals surface area contributed by atoms with Gasteiger partial charge in [-0.05, 0) is 30.4 Å². The molecule has 1 heterocycles. The fourth-order valence-corrected chi connectivity index (χ4v) is 4.58. The number of benzene rings is 2. The third-order valence-corrected chi connectivity index (χ3v) is 6.56. The molecule has 5 atom stereocenters. The molecule has 8 nitrogen and oxygen atoms in total. The van der Waals surface area contributed by atoms with Crippen LogP contribution in [0.3, 0.4) is 0 Å². The van der Waals surface area contributed by atoms with Crippen LogP contribution in [0.1, 0.15) is 36.8 Å². The Kier molecular flexibility index (Phi) is 11.4. The van der Waals surface area contributed by atoms with Gasteiger partial charge in [-0.25, -0.2) is 0 Å². The molecule has 0 unspecified atom stereocenters. The number of carbonyl (C=O) groups is 2. The monoisotopic (exact) mass is 499 g/mol. The van der Waals surface area contributed by atoms with Crippen LogP contribution in [0.5, 0.6) is 0 Å². The van der Waals surface area contributed by atoms with Gasteiger partial charge in [-0.15, -0.1) is 0 Å². The van der Waals surface area contributed by atoms with Gasteiger partial charge >= 0.3 is 11.9 Å². The fraction of sp³-hybridized carbons (Fsp3) is 0.500. The van der Waals surface area contributed by atoms with E-state index < -0.39 is 24.0 Å². The highest BCUT2D eigenvalue weighted by atomic mass is 16.5. The standard InChI is InChI=1S/C28H37NO7/c1-33-26(31)16-15-24(30)27(28(32)34-2)23-14-13-22(29-23)25(36-18-21-11-7-4-8-12-21)19-35-17-20-9-5-3-6-10-20/h3-12,22-25,27,29-30H,13-19H2,1-2H3/t22-,23-,24-,25+,27+/m0/s1. The van der Waals surface area contributed by atoms with Gasteiger partial charge in [0.2, 0.25) is 0 Å². The van der Waals surface area contributed by atoms with Gasteiger partial charge in [0.15, 0.2) is 0 Å². The Hall–Kier alpha value is -2.78. The predicted molar refractivity (Wildman–Crippen MR) is 134 cm³/mol. The van der Waals surface area contributed by atoms with E-state index in [1.165, 1.54) is 14.2 Å². The minimum Gasteiger partial charge on any atom is -0.469 e. The molecule has 0 bridgehead atoms. The number of aliphatic hydroxyl groups is 1. The van der Waals surface area contributed by atoms with Crippen LogP contribution in [-0.2, 0) is 41.8 Å². The lowest BCUT2D eigenvalue weighted by Crippen LogP contribution is -2.49. The highest BCUT2D eigenvalue weighted by Crippen LogP contribution is 2.27. The molecule has 0 amide bonds. The molecule has 0 aliphatic carbocycles. The van der Waals surface area contributed by atoms with Crippen molar-refractivity contribution in [3.8, 4) is 0 Å². The summed E-state index contributed by atoms with van der Waals surface area (Å²) in [7, 11) is 2.60. The summed E-state index contributed by atoms with van der Waals surface area (Å²) in [5.74, 6) is -1.74. The summed E-state index contributed by atoms with van der Waals surface area (Å²) in [5.41, 5.74) is 2.14. The molecule has 1 aliphatic heterocycles. The molecule has 0 spiro atoms. The van der Waals surface area contributed by atoms with Crippen molar-refractivity contribution in [2.24, 2.45) is 5.92 Å². The van der Waals surface area contributed by atoms with Crippen LogP contribution in [-0.4, -0.2) is 62.2 Å². The van der Waals surface area contributed by atoms with Gasteiger partial charge in [0.1, 0.15) is 0 Å². The molecule has 0 aromatic heterocycles. The maximum absolute atomic E-state index is 12.6. The zero-order valence-corrected chi connectivity index (χ0v) is 21.0. The zero-order chi connectivity index (χ0) is 25.8. The van der Waals surface area contributed by atoms with Crippen molar-refractivity contribution >= 4 is 11.9 Å². The number of ether oxygens (including phenoxy) is 4. The SMILES string of the molecule is COC(=O)CC[C@H](O)[C@H](C(=O)OC)[C@@H]1CC[C@@H]([C@@H](COCc2ccccc2)OCc2ccccc2)N1. The summed E-state index contributed by atoms with van der Waals surface area (Å²) in [5, 5.41) is 14.2. The number of carbonyl (C=O) groups excluding carboxylic acids is 2. The molecule has 0 radical (unpaired) electrons. The van der Waals surface area contributed by atoms with Crippen LogP contribution in [0, 0.1) is 5.92 Å². The third-order valence-electron chi connectivity index (χ3n) is 6.56. The van der Waals surface area contributed by atoms with E-state index in [-0.39, 0.29) is 31.0 Å². The quantitative estimate of drug-likeness (QED) is 0.383. The smallest absolute Gasteiger partial charge is 0.312 e. The maximum Gasteiger partial charge on any atom is 0.312 e. The number of aliphatic hydroxyl groups excluding tert-OH is 1. The molecule has 2 aromatic rings. The Morgan fingerprint density at radius 3 is 2.14 bits per heavy atom. The molecule has 3 rings (SSSR count). The Bertz CT molecular complexity index is 924. The normalized spacial score (nSPS) is 19.9. The van der Waals surface area contributed by atoms with Crippen LogP contribution in [0.4, 0.5) is 0 Å². The number of hydrogen-bond donors (Lipinski definition) is 2. The minimum absolute atomic E-state index is 0.0252. The summed E-state index contributed by atoms with van der Waals surface area (Å²) in [6.07, 6.45) is 0.246. The molecule has 36 heavy (non-hydrogen) atoms. The summed E-state index contributed by atoms with van der Waals surface area (Å²) in [6, 6.07) is 19.5. The average Bonchev–Trinajstić information content (AvgIpc) is 3.39. The van der Waals surface area contributed by atoms with Gasteiger partial charge < -0.3 is 29.4 Å². The lowest BCUT2D eigenvalue weighted by molar-refractivity contribution is -0.152. The van der Waals surface area contributed by atoms with Gasteiger partial charge in [0.25, 0.3) is 0 Å². The second-order valence-electron chi connectivity index (χ2n) is 9.02. The maximum atomic E-state index is 12.6. The molecule has 1 fully saturated rings. The van der Waals surface area contributed by atoms with Crippen molar-refractivity contribution < 1.29 is 33.6 Å². The summed E-state index contributed by atoms with van der Waals surface area (Å²) < 4.78 is 22.0. The Labute approximate surface area is 212 Å². The molecular formula is C28H37NO7. The van der Waals surface area contributed by atoms with Gasteiger partial charge in [0, 0.05) is 18.5 Å². The second kappa shape index (κ2) is 14.7. The Morgan fingerprint density at radius 2 is 1.53 bits per heavy atom. The van der Waals surface area contributed by atoms with E-state index in [4.69, 9.17) is 14.2 Å². The zero-order valence-electron chi connectivity index (χ0n) is 21.0. The molecule has 8 heteroatoms. The molecule has 2 N–H and O–H groups in total. The predicted octanol–water partition coefficient (Wildman–Crippen LogP) is 3.01. The fourth-order valence-electron chi connectivity index (χ4n) is 4.58. The molecule has 196 valence electrons. The third kappa shape index (κ3) is 8.41. The highest BCUT2D eigenvalue weighted by Gasteiger charge is 2.41. The first-order chi connectivity index (χ1) is 17.5. The van der Waals surface area contributed by atoms with E-state index in [9.17, 15) is 14.7 Å². The molecular weight excluding hydrogens is 462 g/mol. The first-order valence-corrected chi connectivity index (χ1v) is 12.4. The van der Waals surface area contributed by atoms with Crippen LogP contribution >= 0.6 is 0 Å². The van der Waals surface area contributed by atoms with Crippen molar-refractivity contribution in [1.82, 2.24) is 5.32 Å². The van der Waals surface area contributed by atoms with Crippen molar-refractivity contribution in [2.75, 3.05) is 20.8 Å². The molecule has 0 saturated carbocycles. The summed E-state index contributed by atoms with van der Waals surface area (Å²) >= 11 is 0. The summed E-state index contributed by atoms with van der Waals surface area (Å²) in [6.45, 7) is 1.28. The van der Waals surface area contributed by atoms with Crippen molar-refractivity contribution in [3.63, 3.8) is 0 Å². The van der Waals surface area contributed by atoms with Crippen molar-refractivity contribution in [1.29, 1.82) is 0 Å².